The average Bonchev–Trinajstić information content (AvgIpc) is 1.66. The molecule has 0 aliphatic carbocycles. The molecule has 32 heteroatoms. The highest BCUT2D eigenvalue weighted by atomic mass is 32.2. The van der Waals surface area contributed by atoms with Gasteiger partial charge in [-0.2, -0.15) is 11.8 Å². The van der Waals surface area contributed by atoms with Crippen LogP contribution in [0.3, 0.4) is 0 Å². The van der Waals surface area contributed by atoms with Crippen LogP contribution in [0.15, 0.2) is 25.0 Å². The van der Waals surface area contributed by atoms with Gasteiger partial charge in [0, 0.05) is 62.7 Å². The van der Waals surface area contributed by atoms with E-state index >= 15 is 0 Å². The quantitative estimate of drug-likeness (QED) is 0.0337. The molecule has 3 fully saturated rings. The fraction of sp³-hybridized carbons (Fsp3) is 0.672. The van der Waals surface area contributed by atoms with E-state index in [9.17, 15) is 67.4 Å². The van der Waals surface area contributed by atoms with Crippen LogP contribution in [0, 0.1) is 17.8 Å². The molecule has 2 aromatic rings. The van der Waals surface area contributed by atoms with E-state index in [1.54, 1.807) is 34.0 Å². The number of aromatic amines is 2. The summed E-state index contributed by atoms with van der Waals surface area (Å²) in [6.07, 6.45) is 8.95. The predicted octanol–water partition coefficient (Wildman–Crippen LogP) is -2.79. The number of carboxylic acids is 1. The van der Waals surface area contributed by atoms with Crippen LogP contribution in [-0.4, -0.2) is 221 Å². The molecule has 498 valence electrons. The van der Waals surface area contributed by atoms with Crippen LogP contribution >= 0.6 is 11.8 Å². The van der Waals surface area contributed by atoms with Crippen molar-refractivity contribution in [1.29, 1.82) is 0 Å². The van der Waals surface area contributed by atoms with Gasteiger partial charge in [-0.05, 0) is 94.5 Å². The van der Waals surface area contributed by atoms with Crippen molar-refractivity contribution in [2.75, 3.05) is 38.2 Å². The van der Waals surface area contributed by atoms with E-state index in [2.05, 4.69) is 62.5 Å². The second kappa shape index (κ2) is 34.7. The van der Waals surface area contributed by atoms with Crippen molar-refractivity contribution in [3.8, 4) is 0 Å². The number of hydrogen-bond acceptors (Lipinski definition) is 17. The number of primary amides is 1. The summed E-state index contributed by atoms with van der Waals surface area (Å²) in [5.41, 5.74) is 12.2. The maximum absolute atomic E-state index is 14.7. The molecule has 11 atom stereocenters. The molecule has 0 radical (unpaired) electrons. The number of H-pyrrole nitrogens is 2. The number of rotatable bonds is 34. The molecule has 3 aliphatic rings. The summed E-state index contributed by atoms with van der Waals surface area (Å²) >= 11 is 1.39. The van der Waals surface area contributed by atoms with Crippen LogP contribution < -0.4 is 54.0 Å². The third kappa shape index (κ3) is 21.0. The van der Waals surface area contributed by atoms with Gasteiger partial charge in [0.15, 0.2) is 0 Å². The number of likely N-dealkylation sites (tertiary alicyclic amines) is 3. The molecular formula is C58H91N17O14S. The number of amides is 12. The Labute approximate surface area is 527 Å². The van der Waals surface area contributed by atoms with Gasteiger partial charge in [-0.1, -0.05) is 41.5 Å². The smallest absolute Gasteiger partial charge is 0.322 e. The van der Waals surface area contributed by atoms with Crippen LogP contribution in [0.25, 0.3) is 0 Å². The average molecular weight is 1280 g/mol. The number of nitrogens with zero attached hydrogens (tertiary/aromatic N) is 5. The van der Waals surface area contributed by atoms with E-state index in [4.69, 9.17) is 11.5 Å². The largest absolute Gasteiger partial charge is 0.480 e. The number of hydrogen-bond donors (Lipinski definition) is 13. The number of aliphatic carboxylic acids is 1. The molecule has 0 unspecified atom stereocenters. The first-order valence-electron chi connectivity index (χ1n) is 30.6. The van der Waals surface area contributed by atoms with Gasteiger partial charge in [0.2, 0.25) is 70.9 Å². The van der Waals surface area contributed by atoms with Gasteiger partial charge in [0.1, 0.15) is 67.0 Å². The van der Waals surface area contributed by atoms with Gasteiger partial charge in [0.05, 0.1) is 18.7 Å². The Morgan fingerprint density at radius 1 is 0.567 bits per heavy atom. The first kappa shape index (κ1) is 72.6. The Hall–Kier alpha value is -8.16. The number of imidazole rings is 2. The van der Waals surface area contributed by atoms with E-state index in [0.29, 0.717) is 42.8 Å². The minimum atomic E-state index is -1.35. The zero-order valence-corrected chi connectivity index (χ0v) is 53.3. The van der Waals surface area contributed by atoms with Crippen LogP contribution in [0.2, 0.25) is 0 Å². The van der Waals surface area contributed by atoms with Crippen molar-refractivity contribution in [3.63, 3.8) is 0 Å². The third-order valence-electron chi connectivity index (χ3n) is 15.9. The van der Waals surface area contributed by atoms with Gasteiger partial charge in [-0.15, -0.1) is 0 Å². The second-order valence-corrected chi connectivity index (χ2v) is 25.2. The van der Waals surface area contributed by atoms with E-state index in [0.717, 1.165) is 0 Å². The van der Waals surface area contributed by atoms with Gasteiger partial charge in [0.25, 0.3) is 0 Å². The molecule has 90 heavy (non-hydrogen) atoms. The zero-order valence-electron chi connectivity index (χ0n) is 52.5. The summed E-state index contributed by atoms with van der Waals surface area (Å²) in [6, 6.07) is -12.9. The number of carbonyl (C=O) groups excluding carboxylic acids is 12. The van der Waals surface area contributed by atoms with E-state index in [1.165, 1.54) is 58.4 Å². The monoisotopic (exact) mass is 1280 g/mol. The summed E-state index contributed by atoms with van der Waals surface area (Å²) in [6.45, 7) is 11.7. The Kier molecular flexibility index (Phi) is 28.0. The number of nitrogens with one attached hydrogen (secondary N) is 10. The first-order valence-corrected chi connectivity index (χ1v) is 32.0. The molecule has 2 aromatic heterocycles. The molecule has 3 saturated heterocycles. The third-order valence-corrected chi connectivity index (χ3v) is 16.5. The van der Waals surface area contributed by atoms with Crippen LogP contribution in [0.1, 0.15) is 124 Å². The molecule has 3 aliphatic heterocycles. The molecule has 12 amide bonds. The number of carbonyl (C=O) groups is 13. The fourth-order valence-corrected chi connectivity index (χ4v) is 11.6. The molecule has 0 saturated carbocycles. The maximum Gasteiger partial charge on any atom is 0.322 e. The lowest BCUT2D eigenvalue weighted by atomic mass is 9.98. The SMILES string of the molecule is CSCC[C@H](NC(=O)[C@@H](NC(=O)[C@@H]1CCCN1C(=O)[C@H](CC(C)C)NC(=O)[C@@H](NC(=O)[C@H](CCC(N)=O)NC(=O)[C@@H]1CCCN1C(=O)[C@H](C)N)C(C)C)C(C)C)C(=O)N[C@@H](Cc1cnc[nH]1)C(=O)N1CCC[C@H]1C(=O)N[C@@H](Cc1cnc[nH]1)C(=O)NCC(=O)O. The highest BCUT2D eigenvalue weighted by Crippen LogP contribution is 2.24. The van der Waals surface area contributed by atoms with Crippen molar-refractivity contribution in [2.45, 2.75) is 192 Å². The lowest BCUT2D eigenvalue weighted by Crippen LogP contribution is -2.61. The second-order valence-electron chi connectivity index (χ2n) is 24.2. The van der Waals surface area contributed by atoms with E-state index in [1.807, 2.05) is 13.8 Å². The molecule has 0 bridgehead atoms. The number of thioether (sulfide) groups is 1. The molecular weight excluding hydrogens is 1190 g/mol. The molecule has 5 rings (SSSR count). The van der Waals surface area contributed by atoms with Gasteiger partial charge in [-0.25, -0.2) is 9.97 Å². The minimum absolute atomic E-state index is 0.0789. The maximum atomic E-state index is 14.7. The normalized spacial score (nSPS) is 19.2. The van der Waals surface area contributed by atoms with Crippen molar-refractivity contribution in [1.82, 2.24) is 77.2 Å². The summed E-state index contributed by atoms with van der Waals surface area (Å²) < 4.78 is 0. The lowest BCUT2D eigenvalue weighted by molar-refractivity contribution is -0.143. The highest BCUT2D eigenvalue weighted by molar-refractivity contribution is 7.98. The van der Waals surface area contributed by atoms with Gasteiger partial charge in [-0.3, -0.25) is 62.3 Å². The Balaban J connectivity index is 1.28. The Bertz CT molecular complexity index is 2840. The predicted molar refractivity (Wildman–Crippen MR) is 327 cm³/mol. The lowest BCUT2D eigenvalue weighted by Gasteiger charge is -2.33. The van der Waals surface area contributed by atoms with Crippen molar-refractivity contribution < 1.29 is 67.4 Å². The van der Waals surface area contributed by atoms with Gasteiger partial charge >= 0.3 is 5.97 Å². The minimum Gasteiger partial charge on any atom is -0.480 e. The van der Waals surface area contributed by atoms with Crippen molar-refractivity contribution in [3.05, 3.63) is 36.4 Å². The summed E-state index contributed by atoms with van der Waals surface area (Å²) in [5.74, 6) is -10.5. The number of aromatic nitrogens is 4. The van der Waals surface area contributed by atoms with Crippen molar-refractivity contribution >= 4 is 88.6 Å². The summed E-state index contributed by atoms with van der Waals surface area (Å²) in [7, 11) is 0. The summed E-state index contributed by atoms with van der Waals surface area (Å²) in [5, 5.41) is 30.7. The molecule has 0 aromatic carbocycles. The van der Waals surface area contributed by atoms with E-state index < -0.39 is 162 Å². The first-order chi connectivity index (χ1) is 42.6. The van der Waals surface area contributed by atoms with Crippen LogP contribution in [0.4, 0.5) is 0 Å². The highest BCUT2D eigenvalue weighted by Gasteiger charge is 2.44. The topological polar surface area (TPSA) is 457 Å². The Morgan fingerprint density at radius 2 is 1.00 bits per heavy atom. The zero-order chi connectivity index (χ0) is 66.5. The van der Waals surface area contributed by atoms with Crippen LogP contribution in [0.5, 0.6) is 0 Å². The number of nitrogens with two attached hydrogens (primary N) is 2. The number of carboxylic acid groups (broad SMARTS) is 1. The molecule has 15 N–H and O–H groups in total. The summed E-state index contributed by atoms with van der Waals surface area (Å²) in [4.78, 5) is 196. The molecule has 31 nitrogen and oxygen atoms in total. The van der Waals surface area contributed by atoms with Crippen LogP contribution in [-0.2, 0) is 75.2 Å². The van der Waals surface area contributed by atoms with E-state index in [-0.39, 0.29) is 76.9 Å². The fourth-order valence-electron chi connectivity index (χ4n) is 11.2. The Morgan fingerprint density at radius 3 is 1.46 bits per heavy atom. The van der Waals surface area contributed by atoms with Gasteiger partial charge < -0.3 is 83.8 Å². The molecule has 5 heterocycles. The molecule has 0 spiro atoms. The van der Waals surface area contributed by atoms with Crippen molar-refractivity contribution in [2.24, 2.45) is 29.2 Å². The standard InChI is InChI=1S/C58H91N17O14S/c1-30(2)22-39(70-55(86)46(31(3)4)71-50(81)36(15-16-44(60)76)66-51(82)41-12-9-18-73(41)56(87)33(7)59)57(88)75-20-11-14-43(75)53(84)72-47(32(5)6)54(85)67-37(17-21-90-8)49(80)69-40(24-35-26-62-29-65-35)58(89)74-19-10-13-42(74)52(83)68-38(23-34-25-61-28-64-34)48(79)63-27-45(77)78/h25-26,28-33,36-43,46-47H,9-24,27,59H2,1-8H3,(H2,60,76)(H,61,64)(H,62,65)(H,63,79)(H,66,82)(H,67,85)(H,68,83)(H,69,80)(H,70,86)(H,71,81)(H,72,84)(H,77,78)/t33-,36-,37-,38-,39-,40-,41-,42-,43-,46-,47-/m0/s1.